The molecule has 130 valence electrons. The normalized spacial score (nSPS) is 31.4. The molecule has 2 atom stereocenters. The lowest BCUT2D eigenvalue weighted by atomic mass is 9.79. The van der Waals surface area contributed by atoms with Crippen molar-refractivity contribution in [1.82, 2.24) is 4.90 Å². The van der Waals surface area contributed by atoms with Gasteiger partial charge in [-0.25, -0.2) is 8.42 Å². The maximum atomic E-state index is 13.1. The highest BCUT2D eigenvalue weighted by molar-refractivity contribution is 9.10. The zero-order chi connectivity index (χ0) is 16.9. The van der Waals surface area contributed by atoms with E-state index in [1.165, 1.54) is 5.56 Å². The summed E-state index contributed by atoms with van der Waals surface area (Å²) in [5.41, 5.74) is 2.23. The van der Waals surface area contributed by atoms with Crippen LogP contribution in [-0.2, 0) is 21.1 Å². The number of carbonyl (C=O) groups is 1. The quantitative estimate of drug-likeness (QED) is 0.713. The molecule has 1 aromatic carbocycles. The Kier molecular flexibility index (Phi) is 4.03. The van der Waals surface area contributed by atoms with E-state index < -0.39 is 9.84 Å². The van der Waals surface area contributed by atoms with E-state index in [0.29, 0.717) is 13.0 Å². The van der Waals surface area contributed by atoms with Gasteiger partial charge in [0, 0.05) is 23.0 Å². The summed E-state index contributed by atoms with van der Waals surface area (Å²) in [6.07, 6.45) is 4.38. The van der Waals surface area contributed by atoms with Crippen LogP contribution in [-0.4, -0.2) is 43.8 Å². The summed E-state index contributed by atoms with van der Waals surface area (Å²) in [5.74, 6) is 0.688. The molecule has 24 heavy (non-hydrogen) atoms. The largest absolute Gasteiger partial charge is 0.342 e. The Labute approximate surface area is 151 Å². The average molecular weight is 412 g/mol. The number of hydrogen-bond acceptors (Lipinski definition) is 3. The fraction of sp³-hybridized carbons (Fsp3) is 0.611. The van der Waals surface area contributed by atoms with Crippen molar-refractivity contribution in [2.75, 3.05) is 24.6 Å². The van der Waals surface area contributed by atoms with Gasteiger partial charge in [-0.1, -0.05) is 22.0 Å². The van der Waals surface area contributed by atoms with Gasteiger partial charge in [0.1, 0.15) is 0 Å². The highest BCUT2D eigenvalue weighted by atomic mass is 79.9. The van der Waals surface area contributed by atoms with E-state index in [1.807, 2.05) is 11.0 Å². The Morgan fingerprint density at radius 3 is 2.88 bits per heavy atom. The van der Waals surface area contributed by atoms with Gasteiger partial charge in [-0.2, -0.15) is 0 Å². The van der Waals surface area contributed by atoms with E-state index in [2.05, 4.69) is 28.1 Å². The minimum atomic E-state index is -2.92. The molecule has 1 aliphatic carbocycles. The van der Waals surface area contributed by atoms with Crippen molar-refractivity contribution in [2.24, 2.45) is 5.41 Å². The lowest BCUT2D eigenvalue weighted by Crippen LogP contribution is -2.48. The molecule has 4 rings (SSSR count). The van der Waals surface area contributed by atoms with Crippen molar-refractivity contribution in [3.63, 3.8) is 0 Å². The van der Waals surface area contributed by atoms with Crippen LogP contribution in [0.2, 0.25) is 0 Å². The first-order valence-corrected chi connectivity index (χ1v) is 11.3. The Hall–Kier alpha value is -0.880. The Balaban J connectivity index is 1.54. The van der Waals surface area contributed by atoms with Crippen molar-refractivity contribution in [3.05, 3.63) is 33.8 Å². The van der Waals surface area contributed by atoms with Gasteiger partial charge >= 0.3 is 0 Å². The smallest absolute Gasteiger partial charge is 0.230 e. The summed E-state index contributed by atoms with van der Waals surface area (Å²) in [6, 6.07) is 6.18. The molecule has 1 spiro atoms. The molecular weight excluding hydrogens is 390 g/mol. The number of sulfone groups is 1. The summed E-state index contributed by atoms with van der Waals surface area (Å²) in [4.78, 5) is 15.1. The summed E-state index contributed by atoms with van der Waals surface area (Å²) >= 11 is 3.50. The highest BCUT2D eigenvalue weighted by Gasteiger charge is 2.46. The molecule has 4 nitrogen and oxygen atoms in total. The average Bonchev–Trinajstić information content (AvgIpc) is 3.07. The number of benzene rings is 1. The number of hydrogen-bond donors (Lipinski definition) is 0. The number of likely N-dealkylation sites (tertiary alicyclic amines) is 1. The standard InChI is InChI=1S/C18H22BrNO3S/c19-14-3-5-15-13(10-14)2-4-16(15)17(21)20-8-1-6-18(11-20)7-9-24(22,23)12-18/h3,5,10,16H,1-2,4,6-9,11-12H2. The maximum absolute atomic E-state index is 13.1. The molecule has 0 radical (unpaired) electrons. The van der Waals surface area contributed by atoms with Crippen LogP contribution in [0.25, 0.3) is 0 Å². The third-order valence-electron chi connectivity index (χ3n) is 5.92. The molecule has 0 bridgehead atoms. The lowest BCUT2D eigenvalue weighted by molar-refractivity contribution is -0.136. The second-order valence-corrected chi connectivity index (χ2v) is 10.7. The van der Waals surface area contributed by atoms with E-state index in [4.69, 9.17) is 0 Å². The van der Waals surface area contributed by atoms with Crippen LogP contribution in [0.4, 0.5) is 0 Å². The molecule has 1 amide bonds. The van der Waals surface area contributed by atoms with Crippen molar-refractivity contribution < 1.29 is 13.2 Å². The van der Waals surface area contributed by atoms with Gasteiger partial charge < -0.3 is 4.90 Å². The third-order valence-corrected chi connectivity index (χ3v) is 8.30. The number of amides is 1. The van der Waals surface area contributed by atoms with Crippen molar-refractivity contribution in [3.8, 4) is 0 Å². The Bertz CT molecular complexity index is 791. The van der Waals surface area contributed by atoms with Gasteiger partial charge in [-0.05, 0) is 55.4 Å². The molecule has 0 N–H and O–H groups in total. The fourth-order valence-electron chi connectivity index (χ4n) is 4.76. The van der Waals surface area contributed by atoms with E-state index in [0.717, 1.165) is 42.3 Å². The topological polar surface area (TPSA) is 54.5 Å². The monoisotopic (exact) mass is 411 g/mol. The zero-order valence-corrected chi connectivity index (χ0v) is 16.0. The second-order valence-electron chi connectivity index (χ2n) is 7.64. The lowest BCUT2D eigenvalue weighted by Gasteiger charge is -2.40. The van der Waals surface area contributed by atoms with Crippen LogP contribution in [0.15, 0.2) is 22.7 Å². The molecule has 2 aliphatic heterocycles. The first kappa shape index (κ1) is 16.6. The number of halogens is 1. The SMILES string of the molecule is O=C(C1CCc2cc(Br)ccc21)N1CCCC2(CCS(=O)(=O)C2)C1. The molecule has 0 saturated carbocycles. The first-order chi connectivity index (χ1) is 11.4. The summed E-state index contributed by atoms with van der Waals surface area (Å²) in [5, 5.41) is 0. The summed E-state index contributed by atoms with van der Waals surface area (Å²) < 4.78 is 24.9. The van der Waals surface area contributed by atoms with Crippen LogP contribution in [0.1, 0.15) is 42.7 Å². The van der Waals surface area contributed by atoms with Crippen molar-refractivity contribution in [1.29, 1.82) is 0 Å². The van der Waals surface area contributed by atoms with E-state index in [9.17, 15) is 13.2 Å². The van der Waals surface area contributed by atoms with Crippen LogP contribution in [0, 0.1) is 5.41 Å². The van der Waals surface area contributed by atoms with Crippen molar-refractivity contribution >= 4 is 31.7 Å². The summed E-state index contributed by atoms with van der Waals surface area (Å²) in [6.45, 7) is 1.39. The molecule has 1 aromatic rings. The van der Waals surface area contributed by atoms with Crippen LogP contribution >= 0.6 is 15.9 Å². The van der Waals surface area contributed by atoms with Gasteiger partial charge in [0.15, 0.2) is 9.84 Å². The number of aryl methyl sites for hydroxylation is 1. The minimum Gasteiger partial charge on any atom is -0.342 e. The Morgan fingerprint density at radius 1 is 1.29 bits per heavy atom. The predicted molar refractivity (Wildman–Crippen MR) is 96.7 cm³/mol. The van der Waals surface area contributed by atoms with E-state index >= 15 is 0 Å². The number of piperidine rings is 1. The van der Waals surface area contributed by atoms with Crippen LogP contribution < -0.4 is 0 Å². The number of fused-ring (bicyclic) bond motifs is 1. The maximum Gasteiger partial charge on any atom is 0.230 e. The molecule has 2 fully saturated rings. The van der Waals surface area contributed by atoms with Gasteiger partial charge in [0.2, 0.25) is 5.91 Å². The molecule has 2 unspecified atom stereocenters. The molecule has 2 heterocycles. The summed E-state index contributed by atoms with van der Waals surface area (Å²) in [7, 11) is -2.92. The predicted octanol–water partition coefficient (Wildman–Crippen LogP) is 2.91. The number of rotatable bonds is 1. The molecular formula is C18H22BrNO3S. The van der Waals surface area contributed by atoms with Gasteiger partial charge in [-0.3, -0.25) is 4.79 Å². The minimum absolute atomic E-state index is 0.0544. The van der Waals surface area contributed by atoms with E-state index in [-0.39, 0.29) is 28.7 Å². The molecule has 2 saturated heterocycles. The second kappa shape index (κ2) is 5.84. The third kappa shape index (κ3) is 2.92. The van der Waals surface area contributed by atoms with Crippen LogP contribution in [0.5, 0.6) is 0 Å². The zero-order valence-electron chi connectivity index (χ0n) is 13.6. The fourth-order valence-corrected chi connectivity index (χ4v) is 7.37. The molecule has 3 aliphatic rings. The van der Waals surface area contributed by atoms with Gasteiger partial charge in [-0.15, -0.1) is 0 Å². The first-order valence-electron chi connectivity index (χ1n) is 8.65. The number of carbonyl (C=O) groups excluding carboxylic acids is 1. The van der Waals surface area contributed by atoms with Gasteiger partial charge in [0.25, 0.3) is 0 Å². The van der Waals surface area contributed by atoms with E-state index in [1.54, 1.807) is 0 Å². The highest BCUT2D eigenvalue weighted by Crippen LogP contribution is 2.42. The molecule has 6 heteroatoms. The molecule has 0 aromatic heterocycles. The van der Waals surface area contributed by atoms with Crippen LogP contribution in [0.3, 0.4) is 0 Å². The number of nitrogens with zero attached hydrogens (tertiary/aromatic N) is 1. The Morgan fingerprint density at radius 2 is 2.12 bits per heavy atom. The van der Waals surface area contributed by atoms with Gasteiger partial charge in [0.05, 0.1) is 17.4 Å². The van der Waals surface area contributed by atoms with Crippen molar-refractivity contribution in [2.45, 2.75) is 38.0 Å².